The third kappa shape index (κ3) is 6.70. The number of hydrogen-bond donors (Lipinski definition) is 2. The van der Waals surface area contributed by atoms with Crippen molar-refractivity contribution < 1.29 is 28.2 Å². The van der Waals surface area contributed by atoms with Crippen LogP contribution < -0.4 is 0 Å². The number of hydrogen-bond acceptors (Lipinski definition) is 4. The van der Waals surface area contributed by atoms with Gasteiger partial charge in [-0.05, 0) is 18.4 Å². The Bertz CT molecular complexity index is 638. The summed E-state index contributed by atoms with van der Waals surface area (Å²) in [6.07, 6.45) is 0.843. The zero-order valence-electron chi connectivity index (χ0n) is 13.7. The molecule has 0 aliphatic heterocycles. The van der Waals surface area contributed by atoms with Gasteiger partial charge < -0.3 is 10.2 Å². The lowest BCUT2D eigenvalue weighted by Gasteiger charge is -2.24. The van der Waals surface area contributed by atoms with Gasteiger partial charge in [-0.2, -0.15) is 0 Å². The normalized spacial score (nSPS) is 14.0. The van der Waals surface area contributed by atoms with E-state index in [9.17, 15) is 23.1 Å². The van der Waals surface area contributed by atoms with Crippen LogP contribution in [0.1, 0.15) is 44.1 Å². The van der Waals surface area contributed by atoms with E-state index in [1.54, 1.807) is 30.3 Å². The summed E-state index contributed by atoms with van der Waals surface area (Å²) < 4.78 is 24.7. The molecule has 2 unspecified atom stereocenters. The lowest BCUT2D eigenvalue weighted by Crippen LogP contribution is -2.29. The first-order valence-corrected chi connectivity index (χ1v) is 9.79. The van der Waals surface area contributed by atoms with Gasteiger partial charge in [-0.3, -0.25) is 9.59 Å². The van der Waals surface area contributed by atoms with E-state index in [-0.39, 0.29) is 24.3 Å². The van der Waals surface area contributed by atoms with E-state index in [0.717, 1.165) is 6.42 Å². The van der Waals surface area contributed by atoms with Crippen molar-refractivity contribution in [3.8, 4) is 0 Å². The van der Waals surface area contributed by atoms with Crippen molar-refractivity contribution in [2.24, 2.45) is 5.92 Å². The van der Waals surface area contributed by atoms with Crippen LogP contribution in [0.2, 0.25) is 0 Å². The summed E-state index contributed by atoms with van der Waals surface area (Å²) in [6, 6.07) is 8.58. The van der Waals surface area contributed by atoms with Gasteiger partial charge in [0.25, 0.3) is 0 Å². The van der Waals surface area contributed by atoms with E-state index in [0.29, 0.717) is 12.0 Å². The molecule has 0 radical (unpaired) electrons. The average Bonchev–Trinajstić information content (AvgIpc) is 2.52. The molecule has 0 aromatic heterocycles. The van der Waals surface area contributed by atoms with Crippen LogP contribution in [0.3, 0.4) is 0 Å². The predicted molar refractivity (Wildman–Crippen MR) is 90.7 cm³/mol. The molecule has 0 saturated carbocycles. The van der Waals surface area contributed by atoms with E-state index >= 15 is 0 Å². The van der Waals surface area contributed by atoms with Crippen molar-refractivity contribution in [3.05, 3.63) is 35.9 Å². The topological polar surface area (TPSA) is 109 Å². The molecule has 0 spiro atoms. The number of carboxylic acids is 2. The molecule has 0 fully saturated rings. The molecule has 2 atom stereocenters. The molecule has 24 heavy (non-hydrogen) atoms. The minimum absolute atomic E-state index is 0.0120. The third-order valence-corrected chi connectivity index (χ3v) is 5.72. The van der Waals surface area contributed by atoms with Gasteiger partial charge in [-0.1, -0.05) is 43.7 Å². The highest BCUT2D eigenvalue weighted by atomic mass is 32.2. The Labute approximate surface area is 142 Å². The molecule has 0 amide bonds. The number of carboxylic acid groups (broad SMARTS) is 2. The van der Waals surface area contributed by atoms with Gasteiger partial charge in [0, 0.05) is 12.3 Å². The summed E-state index contributed by atoms with van der Waals surface area (Å²) >= 11 is 0. The lowest BCUT2D eigenvalue weighted by molar-refractivity contribution is -0.143. The van der Waals surface area contributed by atoms with Crippen molar-refractivity contribution in [2.75, 3.05) is 11.5 Å². The molecule has 0 saturated heterocycles. The van der Waals surface area contributed by atoms with Crippen LogP contribution >= 0.6 is 0 Å². The van der Waals surface area contributed by atoms with Crippen LogP contribution in [-0.4, -0.2) is 42.1 Å². The van der Waals surface area contributed by atoms with Crippen LogP contribution in [0.15, 0.2) is 30.3 Å². The first-order valence-electron chi connectivity index (χ1n) is 7.96. The van der Waals surface area contributed by atoms with Crippen molar-refractivity contribution >= 4 is 21.8 Å². The Morgan fingerprint density at radius 1 is 1.12 bits per heavy atom. The van der Waals surface area contributed by atoms with Gasteiger partial charge in [0.15, 0.2) is 9.84 Å². The van der Waals surface area contributed by atoms with Gasteiger partial charge in [0.2, 0.25) is 0 Å². The maximum absolute atomic E-state index is 12.3. The molecule has 0 aliphatic rings. The predicted octanol–water partition coefficient (Wildman–Crippen LogP) is 2.55. The van der Waals surface area contributed by atoms with Gasteiger partial charge >= 0.3 is 11.9 Å². The monoisotopic (exact) mass is 356 g/mol. The number of aliphatic carboxylic acids is 2. The summed E-state index contributed by atoms with van der Waals surface area (Å²) in [4.78, 5) is 22.4. The Kier molecular flexibility index (Phi) is 7.91. The fourth-order valence-corrected chi connectivity index (χ4v) is 4.51. The van der Waals surface area contributed by atoms with Crippen molar-refractivity contribution in [1.29, 1.82) is 0 Å². The van der Waals surface area contributed by atoms with Crippen LogP contribution in [-0.2, 0) is 19.4 Å². The average molecular weight is 356 g/mol. The Hall–Kier alpha value is -1.89. The number of carbonyl (C=O) groups is 2. The van der Waals surface area contributed by atoms with E-state index in [4.69, 9.17) is 5.11 Å². The SMILES string of the molecule is CCCCS(=O)(=O)CC(c1ccccc1)C(CCC(=O)O)C(=O)O. The number of unbranched alkanes of at least 4 members (excludes halogenated alkanes) is 1. The number of benzene rings is 1. The van der Waals surface area contributed by atoms with Crippen LogP contribution in [0.5, 0.6) is 0 Å². The molecule has 0 heterocycles. The molecule has 1 rings (SSSR count). The molecular formula is C17H24O6S. The van der Waals surface area contributed by atoms with E-state index < -0.39 is 33.6 Å². The highest BCUT2D eigenvalue weighted by Gasteiger charge is 2.33. The summed E-state index contributed by atoms with van der Waals surface area (Å²) in [6.45, 7) is 1.89. The summed E-state index contributed by atoms with van der Waals surface area (Å²) in [7, 11) is -3.42. The van der Waals surface area contributed by atoms with Crippen molar-refractivity contribution in [3.63, 3.8) is 0 Å². The quantitative estimate of drug-likeness (QED) is 0.631. The molecular weight excluding hydrogens is 332 g/mol. The largest absolute Gasteiger partial charge is 0.481 e. The van der Waals surface area contributed by atoms with Gasteiger partial charge in [-0.25, -0.2) is 8.42 Å². The summed E-state index contributed by atoms with van der Waals surface area (Å²) in [5.41, 5.74) is 0.607. The molecule has 0 bridgehead atoms. The highest BCUT2D eigenvalue weighted by molar-refractivity contribution is 7.91. The van der Waals surface area contributed by atoms with Gasteiger partial charge in [0.05, 0.1) is 17.4 Å². The Balaban J connectivity index is 3.12. The molecule has 1 aromatic rings. The van der Waals surface area contributed by atoms with E-state index in [1.165, 1.54) is 0 Å². The van der Waals surface area contributed by atoms with Gasteiger partial charge in [-0.15, -0.1) is 0 Å². The lowest BCUT2D eigenvalue weighted by atomic mass is 9.84. The summed E-state index contributed by atoms with van der Waals surface area (Å²) in [5.74, 6) is -4.35. The molecule has 2 N–H and O–H groups in total. The maximum atomic E-state index is 12.3. The fourth-order valence-electron chi connectivity index (χ4n) is 2.64. The smallest absolute Gasteiger partial charge is 0.307 e. The minimum Gasteiger partial charge on any atom is -0.481 e. The molecule has 0 aliphatic carbocycles. The standard InChI is InChI=1S/C17H24O6S/c1-2-3-11-24(22,23)12-15(13-7-5-4-6-8-13)14(17(20)21)9-10-16(18)19/h4-8,14-15H,2-3,9-12H2,1H3,(H,18,19)(H,20,21). The van der Waals surface area contributed by atoms with Crippen molar-refractivity contribution in [1.82, 2.24) is 0 Å². The van der Waals surface area contributed by atoms with Crippen LogP contribution in [0, 0.1) is 5.92 Å². The van der Waals surface area contributed by atoms with Crippen molar-refractivity contribution in [2.45, 2.75) is 38.5 Å². The molecule has 1 aromatic carbocycles. The second kappa shape index (κ2) is 9.42. The molecule has 7 heteroatoms. The highest BCUT2D eigenvalue weighted by Crippen LogP contribution is 2.30. The third-order valence-electron chi connectivity index (χ3n) is 3.94. The second-order valence-electron chi connectivity index (χ2n) is 5.86. The zero-order valence-corrected chi connectivity index (χ0v) is 14.5. The first kappa shape index (κ1) is 20.2. The first-order chi connectivity index (χ1) is 11.3. The van der Waals surface area contributed by atoms with E-state index in [2.05, 4.69) is 0 Å². The van der Waals surface area contributed by atoms with Gasteiger partial charge in [0.1, 0.15) is 0 Å². The Morgan fingerprint density at radius 2 is 1.75 bits per heavy atom. The van der Waals surface area contributed by atoms with E-state index in [1.807, 2.05) is 6.92 Å². The zero-order chi connectivity index (χ0) is 18.2. The molecule has 134 valence electrons. The molecule has 6 nitrogen and oxygen atoms in total. The number of sulfone groups is 1. The van der Waals surface area contributed by atoms with Crippen LogP contribution in [0.4, 0.5) is 0 Å². The number of rotatable bonds is 11. The Morgan fingerprint density at radius 3 is 2.25 bits per heavy atom. The summed E-state index contributed by atoms with van der Waals surface area (Å²) in [5, 5.41) is 18.3. The minimum atomic E-state index is -3.42. The fraction of sp³-hybridized carbons (Fsp3) is 0.529. The second-order valence-corrected chi connectivity index (χ2v) is 8.09. The maximum Gasteiger partial charge on any atom is 0.307 e. The van der Waals surface area contributed by atoms with Crippen LogP contribution in [0.25, 0.3) is 0 Å².